The highest BCUT2D eigenvalue weighted by molar-refractivity contribution is 7.16. The molecule has 0 fully saturated rings. The Morgan fingerprint density at radius 2 is 2.21 bits per heavy atom. The van der Waals surface area contributed by atoms with Crippen LogP contribution >= 0.6 is 11.3 Å². The van der Waals surface area contributed by atoms with Crippen molar-refractivity contribution in [3.8, 4) is 0 Å². The minimum absolute atomic E-state index is 0.149. The number of fused-ring (bicyclic) bond motifs is 2. The molecule has 24 heavy (non-hydrogen) atoms. The maximum atomic E-state index is 12.2. The summed E-state index contributed by atoms with van der Waals surface area (Å²) in [5.74, 6) is 0. The van der Waals surface area contributed by atoms with E-state index in [9.17, 15) is 9.90 Å². The van der Waals surface area contributed by atoms with Gasteiger partial charge in [0.1, 0.15) is 5.01 Å². The average Bonchev–Trinajstić information content (AvgIpc) is 2.99. The Bertz CT molecular complexity index is 949. The molecule has 2 aromatic heterocycles. The van der Waals surface area contributed by atoms with Crippen LogP contribution in [0.25, 0.3) is 4.96 Å². The molecule has 0 saturated heterocycles. The maximum absolute atomic E-state index is 12.2. The molecule has 0 unspecified atom stereocenters. The first-order valence-electron chi connectivity index (χ1n) is 8.01. The third kappa shape index (κ3) is 2.75. The Balaban J connectivity index is 1.62. The van der Waals surface area contributed by atoms with Crippen molar-refractivity contribution < 1.29 is 5.11 Å². The SMILES string of the molecule is CCc1nn2c(=O)cc(CN3Cc4ccccc4[C@H](O)C3)nc2s1. The van der Waals surface area contributed by atoms with E-state index in [0.29, 0.717) is 18.1 Å². The van der Waals surface area contributed by atoms with E-state index in [1.807, 2.05) is 31.2 Å². The number of hydrogen-bond acceptors (Lipinski definition) is 6. The molecule has 0 radical (unpaired) electrons. The Hall–Kier alpha value is -2.09. The number of aromatic nitrogens is 3. The van der Waals surface area contributed by atoms with Crippen LogP contribution in [0.1, 0.15) is 34.9 Å². The second-order valence-electron chi connectivity index (χ2n) is 6.01. The third-order valence-electron chi connectivity index (χ3n) is 4.27. The van der Waals surface area contributed by atoms with Crippen LogP contribution in [0.3, 0.4) is 0 Å². The molecule has 0 bridgehead atoms. The lowest BCUT2D eigenvalue weighted by atomic mass is 9.97. The summed E-state index contributed by atoms with van der Waals surface area (Å²) in [5.41, 5.74) is 2.69. The van der Waals surface area contributed by atoms with Crippen molar-refractivity contribution in [3.63, 3.8) is 0 Å². The molecule has 3 aromatic rings. The number of aliphatic hydroxyl groups is 1. The molecule has 1 aromatic carbocycles. The Morgan fingerprint density at radius 1 is 1.38 bits per heavy atom. The van der Waals surface area contributed by atoms with Gasteiger partial charge >= 0.3 is 0 Å². The summed E-state index contributed by atoms with van der Waals surface area (Å²) < 4.78 is 1.37. The summed E-state index contributed by atoms with van der Waals surface area (Å²) in [4.78, 5) is 19.6. The second-order valence-corrected chi connectivity index (χ2v) is 7.05. The summed E-state index contributed by atoms with van der Waals surface area (Å²) in [6.07, 6.45) is 0.285. The predicted molar refractivity (Wildman–Crippen MR) is 92.0 cm³/mol. The standard InChI is InChI=1S/C17H18N4O2S/c1-2-15-19-21-16(23)7-12(18-17(21)24-15)9-20-8-11-5-3-4-6-13(11)14(22)10-20/h3-7,14,22H,2,8-10H2,1H3/t14-/m1/s1. The van der Waals surface area contributed by atoms with Crippen LogP contribution in [-0.4, -0.2) is 31.1 Å². The lowest BCUT2D eigenvalue weighted by Gasteiger charge is -2.31. The van der Waals surface area contributed by atoms with Crippen LogP contribution in [0.4, 0.5) is 0 Å². The summed E-state index contributed by atoms with van der Waals surface area (Å²) in [6.45, 7) is 3.84. The first-order chi connectivity index (χ1) is 11.6. The van der Waals surface area contributed by atoms with Crippen molar-refractivity contribution >= 4 is 16.3 Å². The molecular formula is C17H18N4O2S. The van der Waals surface area contributed by atoms with Crippen LogP contribution < -0.4 is 5.56 Å². The van der Waals surface area contributed by atoms with Gasteiger partial charge in [0.15, 0.2) is 0 Å². The smallest absolute Gasteiger partial charge is 0.275 e. The van der Waals surface area contributed by atoms with Gasteiger partial charge in [0.25, 0.3) is 5.56 Å². The van der Waals surface area contributed by atoms with E-state index in [0.717, 1.165) is 34.8 Å². The van der Waals surface area contributed by atoms with Gasteiger partial charge in [-0.3, -0.25) is 9.69 Å². The number of β-amino-alcohol motifs (C(OH)–C–C–N with tert-alkyl or cyclic N) is 1. The molecule has 1 aliphatic heterocycles. The highest BCUT2D eigenvalue weighted by Crippen LogP contribution is 2.27. The molecule has 1 N–H and O–H groups in total. The number of aliphatic hydroxyl groups excluding tert-OH is 1. The fourth-order valence-corrected chi connectivity index (χ4v) is 3.98. The quantitative estimate of drug-likeness (QED) is 0.785. The summed E-state index contributed by atoms with van der Waals surface area (Å²) >= 11 is 1.45. The van der Waals surface area contributed by atoms with Crippen LogP contribution in [0.5, 0.6) is 0 Å². The number of nitrogens with zero attached hydrogens (tertiary/aromatic N) is 4. The van der Waals surface area contributed by atoms with E-state index in [-0.39, 0.29) is 5.56 Å². The molecule has 6 nitrogen and oxygen atoms in total. The van der Waals surface area contributed by atoms with Crippen LogP contribution in [0, 0.1) is 0 Å². The largest absolute Gasteiger partial charge is 0.387 e. The molecule has 1 aliphatic rings. The summed E-state index contributed by atoms with van der Waals surface area (Å²) in [6, 6.07) is 9.47. The molecule has 124 valence electrons. The lowest BCUT2D eigenvalue weighted by molar-refractivity contribution is 0.0875. The molecule has 0 saturated carbocycles. The third-order valence-corrected chi connectivity index (χ3v) is 5.32. The molecule has 1 atom stereocenters. The number of rotatable bonds is 3. The fourth-order valence-electron chi connectivity index (χ4n) is 3.12. The predicted octanol–water partition coefficient (Wildman–Crippen LogP) is 1.76. The second kappa shape index (κ2) is 6.08. The first-order valence-corrected chi connectivity index (χ1v) is 8.82. The van der Waals surface area contributed by atoms with E-state index < -0.39 is 6.10 Å². The molecule has 0 aliphatic carbocycles. The van der Waals surface area contributed by atoms with Crippen LogP contribution in [-0.2, 0) is 19.5 Å². The number of benzene rings is 1. The number of aryl methyl sites for hydroxylation is 1. The molecular weight excluding hydrogens is 324 g/mol. The normalized spacial score (nSPS) is 18.0. The van der Waals surface area contributed by atoms with Gasteiger partial charge in [-0.05, 0) is 17.5 Å². The van der Waals surface area contributed by atoms with E-state index in [1.54, 1.807) is 6.07 Å². The minimum Gasteiger partial charge on any atom is -0.387 e. The zero-order valence-electron chi connectivity index (χ0n) is 13.3. The number of hydrogen-bond donors (Lipinski definition) is 1. The topological polar surface area (TPSA) is 70.7 Å². The van der Waals surface area contributed by atoms with Crippen LogP contribution in [0.2, 0.25) is 0 Å². The first kappa shape index (κ1) is 15.4. The van der Waals surface area contributed by atoms with Gasteiger partial charge in [-0.1, -0.05) is 42.5 Å². The van der Waals surface area contributed by atoms with Crippen molar-refractivity contribution in [1.82, 2.24) is 19.5 Å². The van der Waals surface area contributed by atoms with E-state index in [2.05, 4.69) is 15.0 Å². The van der Waals surface area contributed by atoms with Gasteiger partial charge in [-0.15, -0.1) is 0 Å². The van der Waals surface area contributed by atoms with E-state index in [4.69, 9.17) is 0 Å². The maximum Gasteiger partial charge on any atom is 0.275 e. The van der Waals surface area contributed by atoms with Crippen molar-refractivity contribution in [2.45, 2.75) is 32.5 Å². The minimum atomic E-state index is -0.505. The Morgan fingerprint density at radius 3 is 3.04 bits per heavy atom. The highest BCUT2D eigenvalue weighted by atomic mass is 32.1. The lowest BCUT2D eigenvalue weighted by Crippen LogP contribution is -2.33. The van der Waals surface area contributed by atoms with Crippen molar-refractivity contribution in [1.29, 1.82) is 0 Å². The average molecular weight is 342 g/mol. The Labute approximate surface area is 143 Å². The summed E-state index contributed by atoms with van der Waals surface area (Å²) in [5, 5.41) is 15.5. The van der Waals surface area contributed by atoms with Crippen molar-refractivity contribution in [2.75, 3.05) is 6.54 Å². The van der Waals surface area contributed by atoms with E-state index in [1.165, 1.54) is 15.9 Å². The van der Waals surface area contributed by atoms with Gasteiger partial charge in [-0.2, -0.15) is 9.61 Å². The Kier molecular flexibility index (Phi) is 3.91. The molecule has 3 heterocycles. The molecule has 4 rings (SSSR count). The highest BCUT2D eigenvalue weighted by Gasteiger charge is 2.23. The van der Waals surface area contributed by atoms with Gasteiger partial charge in [0.2, 0.25) is 4.96 Å². The molecule has 7 heteroatoms. The fraction of sp³-hybridized carbons (Fsp3) is 0.353. The molecule has 0 spiro atoms. The molecule has 0 amide bonds. The zero-order chi connectivity index (χ0) is 16.7. The van der Waals surface area contributed by atoms with Crippen molar-refractivity contribution in [3.05, 3.63) is 62.5 Å². The van der Waals surface area contributed by atoms with Gasteiger partial charge in [0, 0.05) is 25.7 Å². The van der Waals surface area contributed by atoms with Gasteiger partial charge < -0.3 is 5.11 Å². The van der Waals surface area contributed by atoms with Gasteiger partial charge in [-0.25, -0.2) is 4.98 Å². The van der Waals surface area contributed by atoms with Crippen LogP contribution in [0.15, 0.2) is 35.1 Å². The van der Waals surface area contributed by atoms with Crippen molar-refractivity contribution in [2.24, 2.45) is 0 Å². The van der Waals surface area contributed by atoms with E-state index >= 15 is 0 Å². The van der Waals surface area contributed by atoms with Gasteiger partial charge in [0.05, 0.1) is 11.8 Å². The summed E-state index contributed by atoms with van der Waals surface area (Å²) in [7, 11) is 0. The zero-order valence-corrected chi connectivity index (χ0v) is 14.2. The monoisotopic (exact) mass is 342 g/mol.